The molecule has 0 spiro atoms. The minimum Gasteiger partial charge on any atom is -0.465 e. The van der Waals surface area contributed by atoms with Gasteiger partial charge in [-0.25, -0.2) is 4.98 Å². The maximum absolute atomic E-state index is 12.1. The highest BCUT2D eigenvalue weighted by Gasteiger charge is 2.18. The van der Waals surface area contributed by atoms with E-state index in [0.29, 0.717) is 18.7 Å². The number of carbonyl (C=O) groups is 2. The van der Waals surface area contributed by atoms with Crippen LogP contribution in [0.15, 0.2) is 18.3 Å². The lowest BCUT2D eigenvalue weighted by Gasteiger charge is -2.19. The van der Waals surface area contributed by atoms with Crippen molar-refractivity contribution in [2.24, 2.45) is 0 Å². The van der Waals surface area contributed by atoms with E-state index >= 15 is 0 Å². The van der Waals surface area contributed by atoms with E-state index in [2.05, 4.69) is 4.98 Å². The van der Waals surface area contributed by atoms with Crippen molar-refractivity contribution in [3.05, 3.63) is 29.0 Å². The van der Waals surface area contributed by atoms with Crippen molar-refractivity contribution in [1.29, 1.82) is 0 Å². The van der Waals surface area contributed by atoms with Gasteiger partial charge in [0.25, 0.3) is 5.91 Å². The highest BCUT2D eigenvalue weighted by molar-refractivity contribution is 6.29. The molecule has 0 saturated carbocycles. The highest BCUT2D eigenvalue weighted by atomic mass is 35.5. The molecular weight excluding hydrogens is 256 g/mol. The largest absolute Gasteiger partial charge is 0.465 e. The zero-order valence-corrected chi connectivity index (χ0v) is 11.1. The monoisotopic (exact) mass is 270 g/mol. The molecule has 1 aromatic rings. The molecule has 5 nitrogen and oxygen atoms in total. The number of hydrogen-bond donors (Lipinski definition) is 0. The third-order valence-electron chi connectivity index (χ3n) is 2.27. The van der Waals surface area contributed by atoms with Crippen LogP contribution in [0.25, 0.3) is 0 Å². The summed E-state index contributed by atoms with van der Waals surface area (Å²) in [6, 6.07) is 3.03. The number of amides is 1. The second-order valence-corrected chi connectivity index (χ2v) is 3.88. The van der Waals surface area contributed by atoms with Crippen LogP contribution in [0.1, 0.15) is 24.2 Å². The summed E-state index contributed by atoms with van der Waals surface area (Å²) >= 11 is 5.72. The smallest absolute Gasteiger partial charge is 0.325 e. The zero-order valence-electron chi connectivity index (χ0n) is 10.4. The van der Waals surface area contributed by atoms with Gasteiger partial charge in [-0.3, -0.25) is 9.59 Å². The first-order chi connectivity index (χ1) is 8.58. The first-order valence-corrected chi connectivity index (χ1v) is 6.02. The Labute approximate surface area is 111 Å². The average Bonchev–Trinajstić information content (AvgIpc) is 2.35. The standard InChI is InChI=1S/C12H15ClN2O3/c1-3-15(8-11(16)18-4-2)12(17)9-5-6-14-10(13)7-9/h5-7H,3-4,8H2,1-2H3. The maximum atomic E-state index is 12.1. The molecule has 0 aliphatic rings. The SMILES string of the molecule is CCOC(=O)CN(CC)C(=O)c1ccnc(Cl)c1. The van der Waals surface area contributed by atoms with Gasteiger partial charge in [0.05, 0.1) is 6.61 Å². The number of carbonyl (C=O) groups excluding carboxylic acids is 2. The van der Waals surface area contributed by atoms with Gasteiger partial charge in [0, 0.05) is 18.3 Å². The van der Waals surface area contributed by atoms with Crippen molar-refractivity contribution in [2.75, 3.05) is 19.7 Å². The van der Waals surface area contributed by atoms with E-state index in [4.69, 9.17) is 16.3 Å². The van der Waals surface area contributed by atoms with Gasteiger partial charge in [0.2, 0.25) is 0 Å². The molecule has 98 valence electrons. The molecule has 0 aliphatic heterocycles. The van der Waals surface area contributed by atoms with Gasteiger partial charge >= 0.3 is 5.97 Å². The molecule has 0 aromatic carbocycles. The summed E-state index contributed by atoms with van der Waals surface area (Å²) in [5, 5.41) is 0.244. The van der Waals surface area contributed by atoms with E-state index < -0.39 is 5.97 Å². The Morgan fingerprint density at radius 3 is 2.72 bits per heavy atom. The number of pyridine rings is 1. The highest BCUT2D eigenvalue weighted by Crippen LogP contribution is 2.10. The average molecular weight is 271 g/mol. The summed E-state index contributed by atoms with van der Waals surface area (Å²) in [6.45, 7) is 4.16. The Bertz CT molecular complexity index is 437. The van der Waals surface area contributed by atoms with E-state index in [1.165, 1.54) is 17.2 Å². The molecule has 18 heavy (non-hydrogen) atoms. The first-order valence-electron chi connectivity index (χ1n) is 5.65. The number of esters is 1. The minimum absolute atomic E-state index is 0.0664. The summed E-state index contributed by atoms with van der Waals surface area (Å²) in [6.07, 6.45) is 1.45. The lowest BCUT2D eigenvalue weighted by atomic mass is 10.2. The Balaban J connectivity index is 2.76. The molecule has 1 aromatic heterocycles. The van der Waals surface area contributed by atoms with Gasteiger partial charge in [-0.1, -0.05) is 11.6 Å². The van der Waals surface area contributed by atoms with Crippen molar-refractivity contribution in [3.8, 4) is 0 Å². The van der Waals surface area contributed by atoms with Gasteiger partial charge < -0.3 is 9.64 Å². The van der Waals surface area contributed by atoms with E-state index in [1.54, 1.807) is 19.9 Å². The second kappa shape index (κ2) is 6.96. The van der Waals surface area contributed by atoms with Crippen molar-refractivity contribution in [2.45, 2.75) is 13.8 Å². The fourth-order valence-corrected chi connectivity index (χ4v) is 1.58. The van der Waals surface area contributed by atoms with Crippen LogP contribution in [-0.2, 0) is 9.53 Å². The Morgan fingerprint density at radius 2 is 2.17 bits per heavy atom. The van der Waals surface area contributed by atoms with Gasteiger partial charge in [0.15, 0.2) is 0 Å². The Kier molecular flexibility index (Phi) is 5.58. The predicted molar refractivity (Wildman–Crippen MR) is 67.5 cm³/mol. The van der Waals surface area contributed by atoms with Crippen molar-refractivity contribution >= 4 is 23.5 Å². The molecule has 0 atom stereocenters. The molecule has 0 fully saturated rings. The van der Waals surface area contributed by atoms with Gasteiger partial charge in [-0.15, -0.1) is 0 Å². The molecule has 0 radical (unpaired) electrons. The quantitative estimate of drug-likeness (QED) is 0.604. The molecule has 1 heterocycles. The summed E-state index contributed by atoms with van der Waals surface area (Å²) in [5.74, 6) is -0.692. The first kappa shape index (κ1) is 14.4. The number of hydrogen-bond acceptors (Lipinski definition) is 4. The molecule has 0 unspecified atom stereocenters. The molecule has 1 rings (SSSR count). The van der Waals surface area contributed by atoms with E-state index in [0.717, 1.165) is 0 Å². The molecule has 0 N–H and O–H groups in total. The van der Waals surface area contributed by atoms with E-state index in [1.807, 2.05) is 0 Å². The third kappa shape index (κ3) is 4.00. The number of rotatable bonds is 5. The zero-order chi connectivity index (χ0) is 13.5. The van der Waals surface area contributed by atoms with Gasteiger partial charge in [-0.05, 0) is 26.0 Å². The van der Waals surface area contributed by atoms with Crippen LogP contribution >= 0.6 is 11.6 Å². The van der Waals surface area contributed by atoms with Crippen LogP contribution in [0.2, 0.25) is 5.15 Å². The van der Waals surface area contributed by atoms with Crippen molar-refractivity contribution in [3.63, 3.8) is 0 Å². The van der Waals surface area contributed by atoms with Crippen molar-refractivity contribution in [1.82, 2.24) is 9.88 Å². The lowest BCUT2D eigenvalue weighted by molar-refractivity contribution is -0.143. The van der Waals surface area contributed by atoms with E-state index in [9.17, 15) is 9.59 Å². The Hall–Kier alpha value is -1.62. The fraction of sp³-hybridized carbons (Fsp3) is 0.417. The number of ether oxygens (including phenoxy) is 1. The third-order valence-corrected chi connectivity index (χ3v) is 2.47. The predicted octanol–water partition coefficient (Wildman–Crippen LogP) is 1.76. The number of aromatic nitrogens is 1. The van der Waals surface area contributed by atoms with E-state index in [-0.39, 0.29) is 17.6 Å². The van der Waals surface area contributed by atoms with Crippen LogP contribution in [0, 0.1) is 0 Å². The van der Waals surface area contributed by atoms with Crippen LogP contribution in [0.4, 0.5) is 0 Å². The summed E-state index contributed by atoms with van der Waals surface area (Å²) in [5.41, 5.74) is 0.404. The fourth-order valence-electron chi connectivity index (χ4n) is 1.41. The lowest BCUT2D eigenvalue weighted by Crippen LogP contribution is -2.36. The van der Waals surface area contributed by atoms with Gasteiger partial charge in [0.1, 0.15) is 11.7 Å². The molecule has 0 bridgehead atoms. The van der Waals surface area contributed by atoms with Crippen LogP contribution < -0.4 is 0 Å². The summed E-state index contributed by atoms with van der Waals surface area (Å²) < 4.78 is 4.81. The van der Waals surface area contributed by atoms with Crippen molar-refractivity contribution < 1.29 is 14.3 Å². The minimum atomic E-state index is -0.423. The Morgan fingerprint density at radius 1 is 1.44 bits per heavy atom. The van der Waals surface area contributed by atoms with Gasteiger partial charge in [-0.2, -0.15) is 0 Å². The summed E-state index contributed by atoms with van der Waals surface area (Å²) in [4.78, 5) is 28.7. The normalized spacial score (nSPS) is 9.94. The molecule has 1 amide bonds. The molecular formula is C12H15ClN2O3. The summed E-state index contributed by atoms with van der Waals surface area (Å²) in [7, 11) is 0. The van der Waals surface area contributed by atoms with Crippen LogP contribution in [0.3, 0.4) is 0 Å². The van der Waals surface area contributed by atoms with Crippen LogP contribution in [0.5, 0.6) is 0 Å². The molecule has 6 heteroatoms. The topological polar surface area (TPSA) is 59.5 Å². The number of likely N-dealkylation sites (N-methyl/N-ethyl adjacent to an activating group) is 1. The second-order valence-electron chi connectivity index (χ2n) is 3.49. The maximum Gasteiger partial charge on any atom is 0.325 e. The number of nitrogens with zero attached hydrogens (tertiary/aromatic N) is 2. The molecule has 0 aliphatic carbocycles. The number of halogens is 1. The van der Waals surface area contributed by atoms with Crippen LogP contribution in [-0.4, -0.2) is 41.5 Å². The molecule has 0 saturated heterocycles.